The highest BCUT2D eigenvalue weighted by atomic mass is 16.5. The quantitative estimate of drug-likeness (QED) is 0.772. The normalized spacial score (nSPS) is 19.8. The van der Waals surface area contributed by atoms with Crippen LogP contribution in [0.4, 0.5) is 11.4 Å². The molecule has 0 saturated heterocycles. The lowest BCUT2D eigenvalue weighted by Crippen LogP contribution is -2.37. The summed E-state index contributed by atoms with van der Waals surface area (Å²) in [7, 11) is 1.36. The third-order valence-corrected chi connectivity index (χ3v) is 4.36. The molecule has 1 spiro atoms. The average molecular weight is 274 g/mol. The van der Waals surface area contributed by atoms with E-state index in [1.807, 2.05) is 0 Å². The monoisotopic (exact) mass is 274 g/mol. The molecule has 0 radical (unpaired) electrons. The summed E-state index contributed by atoms with van der Waals surface area (Å²) < 4.78 is 4.80. The standard InChI is InChI=1S/C15H18N2O3/c1-20-13(18)10-5-4-6-11-12(10)16-9-15(14(19)17-11)7-2-3-8-15/h4-6,16H,2-3,7-9H2,1H3,(H,17,19). The topological polar surface area (TPSA) is 67.4 Å². The highest BCUT2D eigenvalue weighted by Gasteiger charge is 2.43. The van der Waals surface area contributed by atoms with Crippen molar-refractivity contribution in [1.29, 1.82) is 0 Å². The average Bonchev–Trinajstić information content (AvgIpc) is 2.89. The second kappa shape index (κ2) is 4.81. The molecule has 5 heteroatoms. The minimum atomic E-state index is -0.397. The highest BCUT2D eigenvalue weighted by Crippen LogP contribution is 2.42. The number of esters is 1. The second-order valence-electron chi connectivity index (χ2n) is 5.51. The Balaban J connectivity index is 1.99. The molecule has 106 valence electrons. The van der Waals surface area contributed by atoms with E-state index >= 15 is 0 Å². The number of hydrogen-bond donors (Lipinski definition) is 2. The number of methoxy groups -OCH3 is 1. The molecule has 2 aliphatic rings. The van der Waals surface area contributed by atoms with Crippen molar-refractivity contribution in [2.24, 2.45) is 5.41 Å². The summed E-state index contributed by atoms with van der Waals surface area (Å²) in [5, 5.41) is 6.25. The molecule has 0 bridgehead atoms. The number of ether oxygens (including phenoxy) is 1. The molecule has 1 saturated carbocycles. The number of hydrogen-bond acceptors (Lipinski definition) is 4. The third kappa shape index (κ3) is 1.94. The first kappa shape index (κ1) is 13.0. The number of amides is 1. The summed E-state index contributed by atoms with van der Waals surface area (Å²) in [5.41, 5.74) is 1.44. The van der Waals surface area contributed by atoms with Crippen molar-refractivity contribution in [3.8, 4) is 0 Å². The fraction of sp³-hybridized carbons (Fsp3) is 0.467. The van der Waals surface area contributed by atoms with Gasteiger partial charge in [-0.25, -0.2) is 4.79 Å². The van der Waals surface area contributed by atoms with E-state index in [9.17, 15) is 9.59 Å². The van der Waals surface area contributed by atoms with Crippen LogP contribution in [0.1, 0.15) is 36.0 Å². The van der Waals surface area contributed by atoms with Gasteiger partial charge in [-0.05, 0) is 25.0 Å². The van der Waals surface area contributed by atoms with Crippen molar-refractivity contribution in [3.63, 3.8) is 0 Å². The molecular formula is C15H18N2O3. The van der Waals surface area contributed by atoms with Gasteiger partial charge in [0.05, 0.1) is 29.5 Å². The van der Waals surface area contributed by atoms with Gasteiger partial charge in [0.2, 0.25) is 5.91 Å². The number of nitrogens with one attached hydrogen (secondary N) is 2. The predicted molar refractivity (Wildman–Crippen MR) is 75.8 cm³/mol. The summed E-state index contributed by atoms with van der Waals surface area (Å²) in [4.78, 5) is 24.3. The largest absolute Gasteiger partial charge is 0.465 e. The van der Waals surface area contributed by atoms with Crippen LogP contribution in [-0.2, 0) is 9.53 Å². The molecule has 5 nitrogen and oxygen atoms in total. The van der Waals surface area contributed by atoms with E-state index in [1.165, 1.54) is 7.11 Å². The van der Waals surface area contributed by atoms with Crippen molar-refractivity contribution in [2.75, 3.05) is 24.3 Å². The first-order chi connectivity index (χ1) is 9.66. The van der Waals surface area contributed by atoms with Gasteiger partial charge >= 0.3 is 5.97 Å². The molecule has 1 fully saturated rings. The van der Waals surface area contributed by atoms with Crippen LogP contribution in [-0.4, -0.2) is 25.5 Å². The zero-order valence-electron chi connectivity index (χ0n) is 11.5. The molecule has 1 aliphatic carbocycles. The number of carbonyl (C=O) groups excluding carboxylic acids is 2. The zero-order valence-corrected chi connectivity index (χ0v) is 11.5. The van der Waals surface area contributed by atoms with Crippen LogP contribution in [0.3, 0.4) is 0 Å². The van der Waals surface area contributed by atoms with Crippen molar-refractivity contribution in [1.82, 2.24) is 0 Å². The van der Waals surface area contributed by atoms with Crippen LogP contribution < -0.4 is 10.6 Å². The summed E-state index contributed by atoms with van der Waals surface area (Å²) in [6.45, 7) is 0.569. The van der Waals surface area contributed by atoms with Crippen LogP contribution in [0.15, 0.2) is 18.2 Å². The van der Waals surface area contributed by atoms with Crippen LogP contribution >= 0.6 is 0 Å². The summed E-state index contributed by atoms with van der Waals surface area (Å²) >= 11 is 0. The van der Waals surface area contributed by atoms with Crippen LogP contribution in [0.5, 0.6) is 0 Å². The van der Waals surface area contributed by atoms with Crippen molar-refractivity contribution < 1.29 is 14.3 Å². The number of fused-ring (bicyclic) bond motifs is 1. The Morgan fingerprint density at radius 3 is 2.75 bits per heavy atom. The van der Waals surface area contributed by atoms with Crippen LogP contribution in [0.25, 0.3) is 0 Å². The first-order valence-electron chi connectivity index (χ1n) is 6.93. The van der Waals surface area contributed by atoms with E-state index in [-0.39, 0.29) is 11.3 Å². The third-order valence-electron chi connectivity index (χ3n) is 4.36. The Kier molecular flexibility index (Phi) is 3.12. The summed E-state index contributed by atoms with van der Waals surface area (Å²) in [5.74, 6) is -0.339. The van der Waals surface area contributed by atoms with Gasteiger partial charge in [0.15, 0.2) is 0 Å². The Bertz CT molecular complexity index is 562. The van der Waals surface area contributed by atoms with Gasteiger partial charge in [0.25, 0.3) is 0 Å². The van der Waals surface area contributed by atoms with Gasteiger partial charge in [-0.15, -0.1) is 0 Å². The number of anilines is 2. The van der Waals surface area contributed by atoms with Crippen molar-refractivity contribution >= 4 is 23.3 Å². The van der Waals surface area contributed by atoms with Crippen LogP contribution in [0, 0.1) is 5.41 Å². The lowest BCUT2D eigenvalue weighted by molar-refractivity contribution is -0.124. The van der Waals surface area contributed by atoms with Crippen molar-refractivity contribution in [3.05, 3.63) is 23.8 Å². The Hall–Kier alpha value is -2.04. The van der Waals surface area contributed by atoms with Gasteiger partial charge in [0, 0.05) is 6.54 Å². The Morgan fingerprint density at radius 2 is 2.05 bits per heavy atom. The molecule has 1 amide bonds. The lowest BCUT2D eigenvalue weighted by atomic mass is 9.85. The molecule has 1 aromatic carbocycles. The number of para-hydroxylation sites is 1. The molecule has 1 aromatic rings. The van der Waals surface area contributed by atoms with Gasteiger partial charge in [-0.2, -0.15) is 0 Å². The summed E-state index contributed by atoms with van der Waals surface area (Å²) in [6.07, 6.45) is 3.95. The molecule has 1 aliphatic heterocycles. The van der Waals surface area contributed by atoms with Crippen molar-refractivity contribution in [2.45, 2.75) is 25.7 Å². The maximum Gasteiger partial charge on any atom is 0.340 e. The van der Waals surface area contributed by atoms with E-state index in [0.29, 0.717) is 23.5 Å². The minimum Gasteiger partial charge on any atom is -0.465 e. The van der Waals surface area contributed by atoms with E-state index in [4.69, 9.17) is 4.74 Å². The Morgan fingerprint density at radius 1 is 1.30 bits per heavy atom. The molecule has 2 N–H and O–H groups in total. The fourth-order valence-electron chi connectivity index (χ4n) is 3.18. The van der Waals surface area contributed by atoms with Gasteiger partial charge in [-0.1, -0.05) is 18.9 Å². The van der Waals surface area contributed by atoms with E-state index in [1.54, 1.807) is 18.2 Å². The number of rotatable bonds is 1. The first-order valence-corrected chi connectivity index (χ1v) is 6.93. The second-order valence-corrected chi connectivity index (χ2v) is 5.51. The fourth-order valence-corrected chi connectivity index (χ4v) is 3.18. The molecule has 0 unspecified atom stereocenters. The maximum atomic E-state index is 12.5. The minimum absolute atomic E-state index is 0.0586. The molecule has 0 atom stereocenters. The predicted octanol–water partition coefficient (Wildman–Crippen LogP) is 2.40. The highest BCUT2D eigenvalue weighted by molar-refractivity contribution is 6.05. The van der Waals surface area contributed by atoms with Crippen LogP contribution in [0.2, 0.25) is 0 Å². The van der Waals surface area contributed by atoms with E-state index in [2.05, 4.69) is 10.6 Å². The molecule has 20 heavy (non-hydrogen) atoms. The molecule has 0 aromatic heterocycles. The van der Waals surface area contributed by atoms with Gasteiger partial charge < -0.3 is 15.4 Å². The van der Waals surface area contributed by atoms with Gasteiger partial charge in [-0.3, -0.25) is 4.79 Å². The smallest absolute Gasteiger partial charge is 0.340 e. The van der Waals surface area contributed by atoms with E-state index < -0.39 is 5.97 Å². The molecular weight excluding hydrogens is 256 g/mol. The molecule has 1 heterocycles. The summed E-state index contributed by atoms with van der Waals surface area (Å²) in [6, 6.07) is 5.26. The zero-order chi connectivity index (χ0) is 14.2. The lowest BCUT2D eigenvalue weighted by Gasteiger charge is -2.24. The number of carbonyl (C=O) groups is 2. The van der Waals surface area contributed by atoms with E-state index in [0.717, 1.165) is 25.7 Å². The maximum absolute atomic E-state index is 12.5. The molecule has 3 rings (SSSR count). The number of benzene rings is 1. The van der Waals surface area contributed by atoms with Gasteiger partial charge in [0.1, 0.15) is 0 Å². The SMILES string of the molecule is COC(=O)c1cccc2c1NCC1(CCCC1)C(=O)N2. The Labute approximate surface area is 117 Å².